The SMILES string of the molecule is CC1(C)CN(C(=O)c2ccc(CN)o2)CCO1. The number of nitrogens with two attached hydrogens (primary N) is 1. The Bertz CT molecular complexity index is 412. The molecule has 1 fully saturated rings. The van der Waals surface area contributed by atoms with Crippen LogP contribution in [-0.2, 0) is 11.3 Å². The first-order chi connectivity index (χ1) is 8.02. The molecule has 17 heavy (non-hydrogen) atoms. The van der Waals surface area contributed by atoms with Crippen molar-refractivity contribution in [2.24, 2.45) is 5.73 Å². The zero-order valence-electron chi connectivity index (χ0n) is 10.2. The predicted octanol–water partition coefficient (Wildman–Crippen LogP) is 0.989. The van der Waals surface area contributed by atoms with Gasteiger partial charge in [0.05, 0.1) is 18.8 Å². The number of rotatable bonds is 2. The normalized spacial score (nSPS) is 19.4. The number of carbonyl (C=O) groups is 1. The lowest BCUT2D eigenvalue weighted by molar-refractivity contribution is -0.0769. The zero-order valence-corrected chi connectivity index (χ0v) is 10.2. The van der Waals surface area contributed by atoms with Gasteiger partial charge in [0.25, 0.3) is 5.91 Å². The topological polar surface area (TPSA) is 68.7 Å². The van der Waals surface area contributed by atoms with Crippen LogP contribution in [0, 0.1) is 0 Å². The van der Waals surface area contributed by atoms with E-state index >= 15 is 0 Å². The lowest BCUT2D eigenvalue weighted by atomic mass is 10.1. The summed E-state index contributed by atoms with van der Waals surface area (Å²) in [4.78, 5) is 13.9. The molecule has 0 bridgehead atoms. The zero-order chi connectivity index (χ0) is 12.5. The van der Waals surface area contributed by atoms with Crippen molar-refractivity contribution >= 4 is 5.91 Å². The van der Waals surface area contributed by atoms with E-state index in [0.717, 1.165) is 0 Å². The Hall–Kier alpha value is -1.33. The van der Waals surface area contributed by atoms with Gasteiger partial charge in [0, 0.05) is 13.1 Å². The second kappa shape index (κ2) is 4.50. The number of ether oxygens (including phenoxy) is 1. The third-order valence-corrected chi connectivity index (χ3v) is 2.79. The molecule has 1 saturated heterocycles. The Morgan fingerprint density at radius 3 is 2.88 bits per heavy atom. The number of hydrogen-bond acceptors (Lipinski definition) is 4. The number of hydrogen-bond donors (Lipinski definition) is 1. The first kappa shape index (κ1) is 12.1. The van der Waals surface area contributed by atoms with Gasteiger partial charge in [-0.25, -0.2) is 0 Å². The average molecular weight is 238 g/mol. The third kappa shape index (κ3) is 2.68. The van der Waals surface area contributed by atoms with Gasteiger partial charge in [-0.05, 0) is 26.0 Å². The van der Waals surface area contributed by atoms with Crippen LogP contribution in [0.4, 0.5) is 0 Å². The van der Waals surface area contributed by atoms with Gasteiger partial charge in [0.15, 0.2) is 5.76 Å². The minimum atomic E-state index is -0.294. The van der Waals surface area contributed by atoms with E-state index in [9.17, 15) is 4.79 Å². The van der Waals surface area contributed by atoms with Crippen LogP contribution in [0.1, 0.15) is 30.2 Å². The molecular formula is C12H18N2O3. The summed E-state index contributed by atoms with van der Waals surface area (Å²) < 4.78 is 10.9. The first-order valence-corrected chi connectivity index (χ1v) is 5.74. The fourth-order valence-corrected chi connectivity index (χ4v) is 1.95. The van der Waals surface area contributed by atoms with Gasteiger partial charge < -0.3 is 19.8 Å². The summed E-state index contributed by atoms with van der Waals surface area (Å²) in [5.41, 5.74) is 5.15. The number of nitrogens with zero attached hydrogens (tertiary/aromatic N) is 1. The molecule has 2 heterocycles. The van der Waals surface area contributed by atoms with E-state index in [-0.39, 0.29) is 11.5 Å². The van der Waals surface area contributed by atoms with Crippen LogP contribution < -0.4 is 5.73 Å². The largest absolute Gasteiger partial charge is 0.455 e. The molecule has 94 valence electrons. The Morgan fingerprint density at radius 1 is 1.53 bits per heavy atom. The molecule has 1 aromatic heterocycles. The van der Waals surface area contributed by atoms with Crippen molar-refractivity contribution in [3.8, 4) is 0 Å². The summed E-state index contributed by atoms with van der Waals surface area (Å²) in [6.07, 6.45) is 0. The summed E-state index contributed by atoms with van der Waals surface area (Å²) >= 11 is 0. The van der Waals surface area contributed by atoms with E-state index in [1.807, 2.05) is 13.8 Å². The van der Waals surface area contributed by atoms with Crippen LogP contribution in [0.25, 0.3) is 0 Å². The number of carbonyl (C=O) groups excluding carboxylic acids is 1. The van der Waals surface area contributed by atoms with Gasteiger partial charge in [-0.15, -0.1) is 0 Å². The Morgan fingerprint density at radius 2 is 2.29 bits per heavy atom. The second-order valence-corrected chi connectivity index (χ2v) is 4.80. The Labute approximate surface area is 101 Å². The molecule has 1 amide bonds. The van der Waals surface area contributed by atoms with Crippen LogP contribution in [0.3, 0.4) is 0 Å². The van der Waals surface area contributed by atoms with Crippen molar-refractivity contribution in [1.82, 2.24) is 4.90 Å². The molecule has 2 N–H and O–H groups in total. The molecule has 0 atom stereocenters. The molecule has 0 spiro atoms. The van der Waals surface area contributed by atoms with Crippen LogP contribution in [-0.4, -0.2) is 36.1 Å². The van der Waals surface area contributed by atoms with Crippen LogP contribution in [0.5, 0.6) is 0 Å². The Balaban J connectivity index is 2.09. The number of amides is 1. The molecule has 0 radical (unpaired) electrons. The Kier molecular flexibility index (Phi) is 3.22. The van der Waals surface area contributed by atoms with E-state index in [4.69, 9.17) is 14.9 Å². The smallest absolute Gasteiger partial charge is 0.289 e. The molecule has 0 aromatic carbocycles. The molecule has 0 aliphatic carbocycles. The predicted molar refractivity (Wildman–Crippen MR) is 62.5 cm³/mol. The van der Waals surface area contributed by atoms with Crippen LogP contribution in [0.15, 0.2) is 16.5 Å². The molecule has 5 heteroatoms. The highest BCUT2D eigenvalue weighted by Gasteiger charge is 2.31. The van der Waals surface area contributed by atoms with E-state index in [1.165, 1.54) is 0 Å². The van der Waals surface area contributed by atoms with E-state index in [0.29, 0.717) is 37.8 Å². The molecule has 1 aliphatic heterocycles. The van der Waals surface area contributed by atoms with Gasteiger partial charge in [-0.1, -0.05) is 0 Å². The molecule has 0 unspecified atom stereocenters. The maximum Gasteiger partial charge on any atom is 0.289 e. The lowest BCUT2D eigenvalue weighted by Gasteiger charge is -2.37. The summed E-state index contributed by atoms with van der Waals surface area (Å²) in [6.45, 7) is 5.98. The van der Waals surface area contributed by atoms with Crippen molar-refractivity contribution in [1.29, 1.82) is 0 Å². The summed E-state index contributed by atoms with van der Waals surface area (Å²) in [7, 11) is 0. The third-order valence-electron chi connectivity index (χ3n) is 2.79. The minimum Gasteiger partial charge on any atom is -0.455 e. The van der Waals surface area contributed by atoms with E-state index < -0.39 is 0 Å². The fourth-order valence-electron chi connectivity index (χ4n) is 1.95. The van der Waals surface area contributed by atoms with Crippen molar-refractivity contribution in [2.75, 3.05) is 19.7 Å². The van der Waals surface area contributed by atoms with E-state index in [1.54, 1.807) is 17.0 Å². The van der Waals surface area contributed by atoms with Crippen molar-refractivity contribution in [3.05, 3.63) is 23.7 Å². The molecule has 5 nitrogen and oxygen atoms in total. The standard InChI is InChI=1S/C12H18N2O3/c1-12(2)8-14(5-6-16-12)11(15)10-4-3-9(7-13)17-10/h3-4H,5-8,13H2,1-2H3. The minimum absolute atomic E-state index is 0.0962. The maximum absolute atomic E-state index is 12.2. The molecular weight excluding hydrogens is 220 g/mol. The van der Waals surface area contributed by atoms with Gasteiger partial charge in [-0.2, -0.15) is 0 Å². The first-order valence-electron chi connectivity index (χ1n) is 5.74. The van der Waals surface area contributed by atoms with Gasteiger partial charge in [0.1, 0.15) is 5.76 Å². The lowest BCUT2D eigenvalue weighted by Crippen LogP contribution is -2.50. The summed E-state index contributed by atoms with van der Waals surface area (Å²) in [5.74, 6) is 0.880. The van der Waals surface area contributed by atoms with Crippen molar-refractivity contribution in [2.45, 2.75) is 26.0 Å². The van der Waals surface area contributed by atoms with Crippen LogP contribution in [0.2, 0.25) is 0 Å². The van der Waals surface area contributed by atoms with Gasteiger partial charge >= 0.3 is 0 Å². The molecule has 2 rings (SSSR count). The highest BCUT2D eigenvalue weighted by molar-refractivity contribution is 5.91. The molecule has 0 saturated carbocycles. The average Bonchev–Trinajstić information content (AvgIpc) is 2.75. The van der Waals surface area contributed by atoms with Gasteiger partial charge in [-0.3, -0.25) is 4.79 Å². The second-order valence-electron chi connectivity index (χ2n) is 4.80. The number of furan rings is 1. The molecule has 1 aliphatic rings. The summed E-state index contributed by atoms with van der Waals surface area (Å²) in [6, 6.07) is 3.41. The van der Waals surface area contributed by atoms with Crippen molar-refractivity contribution < 1.29 is 13.9 Å². The summed E-state index contributed by atoms with van der Waals surface area (Å²) in [5, 5.41) is 0. The maximum atomic E-state index is 12.2. The highest BCUT2D eigenvalue weighted by Crippen LogP contribution is 2.19. The highest BCUT2D eigenvalue weighted by atomic mass is 16.5. The monoisotopic (exact) mass is 238 g/mol. The van der Waals surface area contributed by atoms with Crippen LogP contribution >= 0.6 is 0 Å². The van der Waals surface area contributed by atoms with Crippen molar-refractivity contribution in [3.63, 3.8) is 0 Å². The molecule has 1 aromatic rings. The van der Waals surface area contributed by atoms with E-state index in [2.05, 4.69) is 0 Å². The fraction of sp³-hybridized carbons (Fsp3) is 0.583. The number of morpholine rings is 1. The van der Waals surface area contributed by atoms with Gasteiger partial charge in [0.2, 0.25) is 0 Å². The quantitative estimate of drug-likeness (QED) is 0.834.